The molecule has 1 amide bonds. The van der Waals surface area contributed by atoms with E-state index in [2.05, 4.69) is 10.4 Å². The quantitative estimate of drug-likeness (QED) is 0.569. The minimum atomic E-state index is -0.385. The van der Waals surface area contributed by atoms with Crippen molar-refractivity contribution in [2.45, 2.75) is 33.7 Å². The Labute approximate surface area is 173 Å². The molecule has 0 saturated heterocycles. The van der Waals surface area contributed by atoms with E-state index in [0.29, 0.717) is 35.2 Å². The molecule has 0 unspecified atom stereocenters. The van der Waals surface area contributed by atoms with E-state index in [-0.39, 0.29) is 17.6 Å². The number of rotatable bonds is 7. The van der Waals surface area contributed by atoms with Crippen molar-refractivity contribution in [1.82, 2.24) is 9.78 Å². The lowest BCUT2D eigenvalue weighted by Crippen LogP contribution is -2.11. The lowest BCUT2D eigenvalue weighted by molar-refractivity contribution is 0.0505. The Balaban J connectivity index is 1.63. The molecule has 0 atom stereocenters. The van der Waals surface area contributed by atoms with Gasteiger partial charge in [-0.3, -0.25) is 9.48 Å². The highest BCUT2D eigenvalue weighted by Gasteiger charge is 2.15. The average Bonchev–Trinajstić information content (AvgIpc) is 3.28. The highest BCUT2D eigenvalue weighted by Crippen LogP contribution is 2.21. The normalized spacial score (nSPS) is 10.8. The number of amides is 1. The Hall–Kier alpha value is -3.06. The first-order valence-electron chi connectivity index (χ1n) is 9.25. The minimum Gasteiger partial charge on any atom is -0.462 e. The van der Waals surface area contributed by atoms with Gasteiger partial charge in [-0.1, -0.05) is 18.5 Å². The van der Waals surface area contributed by atoms with Crippen LogP contribution in [0.15, 0.2) is 40.8 Å². The van der Waals surface area contributed by atoms with E-state index in [1.54, 1.807) is 41.1 Å². The van der Waals surface area contributed by atoms with E-state index < -0.39 is 0 Å². The molecule has 8 heteroatoms. The van der Waals surface area contributed by atoms with Gasteiger partial charge in [0.15, 0.2) is 5.76 Å². The summed E-state index contributed by atoms with van der Waals surface area (Å²) in [6.07, 6.45) is 0.762. The molecule has 3 rings (SSSR count). The van der Waals surface area contributed by atoms with E-state index in [9.17, 15) is 9.59 Å². The number of halogens is 1. The second-order valence-corrected chi connectivity index (χ2v) is 6.95. The van der Waals surface area contributed by atoms with Gasteiger partial charge in [-0.2, -0.15) is 5.10 Å². The summed E-state index contributed by atoms with van der Waals surface area (Å²) in [5, 5.41) is 7.72. The number of aryl methyl sites for hydroxylation is 1. The molecule has 2 heterocycles. The van der Waals surface area contributed by atoms with Crippen LogP contribution in [0.1, 0.15) is 51.4 Å². The van der Waals surface area contributed by atoms with Crippen LogP contribution in [0.2, 0.25) is 5.02 Å². The molecule has 2 aromatic heterocycles. The van der Waals surface area contributed by atoms with Gasteiger partial charge in [0.25, 0.3) is 5.91 Å². The van der Waals surface area contributed by atoms with Gasteiger partial charge in [0.1, 0.15) is 5.76 Å². The predicted octanol–water partition coefficient (Wildman–Crippen LogP) is 4.61. The fourth-order valence-electron chi connectivity index (χ4n) is 2.72. The third-order valence-electron chi connectivity index (χ3n) is 4.30. The Morgan fingerprint density at radius 3 is 2.52 bits per heavy atom. The van der Waals surface area contributed by atoms with Crippen molar-refractivity contribution in [2.75, 3.05) is 11.9 Å². The molecule has 29 heavy (non-hydrogen) atoms. The van der Waals surface area contributed by atoms with Crippen LogP contribution in [0, 0.1) is 13.8 Å². The van der Waals surface area contributed by atoms with E-state index in [1.165, 1.54) is 0 Å². The molecule has 3 aromatic rings. The number of hydrogen-bond donors (Lipinski definition) is 1. The highest BCUT2D eigenvalue weighted by atomic mass is 35.5. The third kappa shape index (κ3) is 4.86. The molecular formula is C21H22ClN3O4. The third-order valence-corrected chi connectivity index (χ3v) is 4.85. The molecule has 0 aliphatic carbocycles. The maximum atomic E-state index is 12.4. The van der Waals surface area contributed by atoms with Crippen LogP contribution in [0.4, 0.5) is 5.69 Å². The molecular weight excluding hydrogens is 394 g/mol. The van der Waals surface area contributed by atoms with Gasteiger partial charge in [0.2, 0.25) is 0 Å². The monoisotopic (exact) mass is 415 g/mol. The molecule has 0 radical (unpaired) electrons. The second-order valence-electron chi connectivity index (χ2n) is 6.58. The number of anilines is 1. The summed E-state index contributed by atoms with van der Waals surface area (Å²) in [6, 6.07) is 9.83. The van der Waals surface area contributed by atoms with E-state index in [4.69, 9.17) is 20.8 Å². The summed E-state index contributed by atoms with van der Waals surface area (Å²) in [6.45, 7) is 6.39. The number of nitrogens with one attached hydrogen (secondary N) is 1. The maximum Gasteiger partial charge on any atom is 0.338 e. The molecule has 7 nitrogen and oxygen atoms in total. The van der Waals surface area contributed by atoms with E-state index in [0.717, 1.165) is 17.8 Å². The summed E-state index contributed by atoms with van der Waals surface area (Å²) in [5.41, 5.74) is 2.56. The van der Waals surface area contributed by atoms with Crippen molar-refractivity contribution in [2.24, 2.45) is 0 Å². The lowest BCUT2D eigenvalue weighted by atomic mass is 10.2. The van der Waals surface area contributed by atoms with Crippen LogP contribution in [0.25, 0.3) is 0 Å². The average molecular weight is 416 g/mol. The molecule has 0 aliphatic rings. The zero-order valence-electron chi connectivity index (χ0n) is 16.5. The maximum absolute atomic E-state index is 12.4. The number of furan rings is 1. The van der Waals surface area contributed by atoms with Crippen molar-refractivity contribution in [1.29, 1.82) is 0 Å². The molecule has 1 aromatic carbocycles. The topological polar surface area (TPSA) is 86.4 Å². The van der Waals surface area contributed by atoms with Crippen LogP contribution in [-0.4, -0.2) is 28.3 Å². The fourth-order valence-corrected chi connectivity index (χ4v) is 2.86. The Kier molecular flexibility index (Phi) is 6.39. The number of aromatic nitrogens is 2. The standard InChI is InChI=1S/C21H22ClN3O4/c1-4-11-28-21(27)15-5-7-16(8-6-15)23-20(26)18-10-9-17(29-18)12-25-14(3)19(22)13(2)24-25/h5-10H,4,11-12H2,1-3H3,(H,23,26). The fraction of sp³-hybridized carbons (Fsp3) is 0.286. The Bertz CT molecular complexity index is 1020. The largest absolute Gasteiger partial charge is 0.462 e. The van der Waals surface area contributed by atoms with Crippen LogP contribution >= 0.6 is 11.6 Å². The second kappa shape index (κ2) is 8.96. The summed E-state index contributed by atoms with van der Waals surface area (Å²) < 4.78 is 12.5. The van der Waals surface area contributed by atoms with Gasteiger partial charge in [-0.15, -0.1) is 0 Å². The molecule has 1 N–H and O–H groups in total. The zero-order chi connectivity index (χ0) is 21.0. The molecule has 0 aliphatic heterocycles. The van der Waals surface area contributed by atoms with Crippen LogP contribution in [-0.2, 0) is 11.3 Å². The van der Waals surface area contributed by atoms with Crippen LogP contribution in [0.5, 0.6) is 0 Å². The molecule has 152 valence electrons. The summed E-state index contributed by atoms with van der Waals surface area (Å²) in [4.78, 5) is 24.2. The number of hydrogen-bond acceptors (Lipinski definition) is 5. The Morgan fingerprint density at radius 1 is 1.17 bits per heavy atom. The number of nitrogens with zero attached hydrogens (tertiary/aromatic N) is 2. The number of benzene rings is 1. The molecule has 0 spiro atoms. The van der Waals surface area contributed by atoms with Crippen LogP contribution < -0.4 is 5.32 Å². The zero-order valence-corrected chi connectivity index (χ0v) is 17.2. The van der Waals surface area contributed by atoms with Crippen molar-refractivity contribution >= 4 is 29.2 Å². The van der Waals surface area contributed by atoms with Gasteiger partial charge < -0.3 is 14.5 Å². The smallest absolute Gasteiger partial charge is 0.338 e. The highest BCUT2D eigenvalue weighted by molar-refractivity contribution is 6.31. The van der Waals surface area contributed by atoms with Gasteiger partial charge in [-0.05, 0) is 56.7 Å². The summed E-state index contributed by atoms with van der Waals surface area (Å²) >= 11 is 6.16. The van der Waals surface area contributed by atoms with Gasteiger partial charge in [0, 0.05) is 5.69 Å². The molecule has 0 fully saturated rings. The molecule has 0 bridgehead atoms. The SMILES string of the molecule is CCCOC(=O)c1ccc(NC(=O)c2ccc(Cn3nc(C)c(Cl)c3C)o2)cc1. The van der Waals surface area contributed by atoms with Crippen molar-refractivity contribution < 1.29 is 18.7 Å². The minimum absolute atomic E-state index is 0.180. The lowest BCUT2D eigenvalue weighted by Gasteiger charge is -2.06. The van der Waals surface area contributed by atoms with E-state index >= 15 is 0 Å². The number of carbonyl (C=O) groups excluding carboxylic acids is 2. The Morgan fingerprint density at radius 2 is 1.90 bits per heavy atom. The van der Waals surface area contributed by atoms with Gasteiger partial charge in [0.05, 0.1) is 35.1 Å². The number of ether oxygens (including phenoxy) is 1. The summed E-state index contributed by atoms with van der Waals surface area (Å²) in [7, 11) is 0. The van der Waals surface area contributed by atoms with E-state index in [1.807, 2.05) is 20.8 Å². The first kappa shape index (κ1) is 20.7. The van der Waals surface area contributed by atoms with Crippen molar-refractivity contribution in [3.8, 4) is 0 Å². The van der Waals surface area contributed by atoms with Crippen molar-refractivity contribution in [3.05, 3.63) is 69.9 Å². The van der Waals surface area contributed by atoms with Crippen LogP contribution in [0.3, 0.4) is 0 Å². The van der Waals surface area contributed by atoms with Crippen molar-refractivity contribution in [3.63, 3.8) is 0 Å². The van der Waals surface area contributed by atoms with Gasteiger partial charge in [-0.25, -0.2) is 4.79 Å². The first-order valence-corrected chi connectivity index (χ1v) is 9.63. The number of esters is 1. The van der Waals surface area contributed by atoms with Gasteiger partial charge >= 0.3 is 5.97 Å². The predicted molar refractivity (Wildman–Crippen MR) is 109 cm³/mol. The number of carbonyl (C=O) groups is 2. The molecule has 0 saturated carbocycles. The first-order chi connectivity index (χ1) is 13.9. The summed E-state index contributed by atoms with van der Waals surface area (Å²) in [5.74, 6) is -0.000822.